The summed E-state index contributed by atoms with van der Waals surface area (Å²) in [7, 11) is 0. The maximum absolute atomic E-state index is 4.96. The van der Waals surface area contributed by atoms with Gasteiger partial charge in [0.05, 0.1) is 11.4 Å². The van der Waals surface area contributed by atoms with Crippen molar-refractivity contribution in [3.05, 3.63) is 114 Å². The molecular weight excluding hydrogens is 376 g/mol. The number of hydrogen-bond acceptors (Lipinski definition) is 2. The summed E-state index contributed by atoms with van der Waals surface area (Å²) in [5.41, 5.74) is 8.58. The molecule has 0 spiro atoms. The highest BCUT2D eigenvalue weighted by atomic mass is 14.9. The standard InChI is InChI=1S/C29H26N2/c1-4-12-22(5-2)27-20-28(24-15-10-7-11-16-24)31-29(30-27)26-18-21(3)17-25(19-26)23-13-8-6-9-14-23/h4-20H,1-3H3/b12-4-,22-5+. The first kappa shape index (κ1) is 20.5. The molecule has 1 aromatic heterocycles. The van der Waals surface area contributed by atoms with Crippen LogP contribution < -0.4 is 0 Å². The third kappa shape index (κ3) is 4.70. The van der Waals surface area contributed by atoms with E-state index in [4.69, 9.17) is 9.97 Å². The van der Waals surface area contributed by atoms with Crippen LogP contribution in [0.15, 0.2) is 103 Å². The lowest BCUT2D eigenvalue weighted by Crippen LogP contribution is -1.98. The van der Waals surface area contributed by atoms with E-state index in [-0.39, 0.29) is 0 Å². The Hall–Kier alpha value is -3.78. The average Bonchev–Trinajstić information content (AvgIpc) is 2.83. The molecule has 1 heterocycles. The van der Waals surface area contributed by atoms with Gasteiger partial charge >= 0.3 is 0 Å². The topological polar surface area (TPSA) is 25.8 Å². The molecule has 0 N–H and O–H groups in total. The Morgan fingerprint density at radius 3 is 1.97 bits per heavy atom. The van der Waals surface area contributed by atoms with E-state index >= 15 is 0 Å². The number of aromatic nitrogens is 2. The summed E-state index contributed by atoms with van der Waals surface area (Å²) in [6.45, 7) is 6.19. The molecule has 2 heteroatoms. The van der Waals surface area contributed by atoms with Crippen LogP contribution in [0.25, 0.3) is 39.3 Å². The van der Waals surface area contributed by atoms with E-state index in [1.165, 1.54) is 16.7 Å². The molecule has 0 saturated carbocycles. The molecule has 3 aromatic carbocycles. The van der Waals surface area contributed by atoms with Crippen molar-refractivity contribution in [3.63, 3.8) is 0 Å². The second-order valence-electron chi connectivity index (χ2n) is 7.53. The Morgan fingerprint density at radius 2 is 1.32 bits per heavy atom. The molecule has 4 rings (SSSR count). The predicted molar refractivity (Wildman–Crippen MR) is 132 cm³/mol. The van der Waals surface area contributed by atoms with Crippen molar-refractivity contribution in [2.75, 3.05) is 0 Å². The third-order valence-electron chi connectivity index (χ3n) is 5.19. The second kappa shape index (κ2) is 9.36. The first-order valence-corrected chi connectivity index (χ1v) is 10.6. The van der Waals surface area contributed by atoms with Crippen LogP contribution in [0.3, 0.4) is 0 Å². The molecule has 0 amide bonds. The second-order valence-corrected chi connectivity index (χ2v) is 7.53. The van der Waals surface area contributed by atoms with Gasteiger partial charge in [-0.15, -0.1) is 0 Å². The van der Waals surface area contributed by atoms with Gasteiger partial charge in [-0.3, -0.25) is 0 Å². The summed E-state index contributed by atoms with van der Waals surface area (Å²) in [4.78, 5) is 9.93. The van der Waals surface area contributed by atoms with Crippen LogP contribution in [0.4, 0.5) is 0 Å². The lowest BCUT2D eigenvalue weighted by Gasteiger charge is -2.12. The van der Waals surface area contributed by atoms with Crippen molar-refractivity contribution < 1.29 is 0 Å². The largest absolute Gasteiger partial charge is 0.228 e. The molecule has 152 valence electrons. The zero-order chi connectivity index (χ0) is 21.6. The first-order chi connectivity index (χ1) is 15.2. The Morgan fingerprint density at radius 1 is 0.677 bits per heavy atom. The van der Waals surface area contributed by atoms with E-state index in [1.807, 2.05) is 44.2 Å². The van der Waals surface area contributed by atoms with Gasteiger partial charge in [0.1, 0.15) is 0 Å². The summed E-state index contributed by atoms with van der Waals surface area (Å²) in [5.74, 6) is 0.737. The maximum atomic E-state index is 4.96. The molecule has 0 atom stereocenters. The van der Waals surface area contributed by atoms with Crippen molar-refractivity contribution in [1.82, 2.24) is 9.97 Å². The lowest BCUT2D eigenvalue weighted by atomic mass is 9.99. The van der Waals surface area contributed by atoms with Crippen LogP contribution in [0.5, 0.6) is 0 Å². The molecule has 0 saturated heterocycles. The SMILES string of the molecule is C/C=C\C(=C/C)c1cc(-c2ccccc2)nc(-c2cc(C)cc(-c3ccccc3)c2)n1. The maximum Gasteiger partial charge on any atom is 0.160 e. The summed E-state index contributed by atoms with van der Waals surface area (Å²) in [5, 5.41) is 0. The summed E-state index contributed by atoms with van der Waals surface area (Å²) < 4.78 is 0. The number of aryl methyl sites for hydroxylation is 1. The summed E-state index contributed by atoms with van der Waals surface area (Å²) in [6, 6.07) is 29.3. The number of rotatable bonds is 5. The van der Waals surface area contributed by atoms with Gasteiger partial charge in [0.25, 0.3) is 0 Å². The fourth-order valence-electron chi connectivity index (χ4n) is 3.70. The first-order valence-electron chi connectivity index (χ1n) is 10.6. The van der Waals surface area contributed by atoms with E-state index in [9.17, 15) is 0 Å². The zero-order valence-electron chi connectivity index (χ0n) is 18.2. The van der Waals surface area contributed by atoms with Crippen LogP contribution in [0, 0.1) is 6.92 Å². The van der Waals surface area contributed by atoms with Gasteiger partial charge in [0, 0.05) is 11.1 Å². The van der Waals surface area contributed by atoms with Gasteiger partial charge in [-0.2, -0.15) is 0 Å². The predicted octanol–water partition coefficient (Wildman–Crippen LogP) is 7.77. The molecule has 0 radical (unpaired) electrons. The monoisotopic (exact) mass is 402 g/mol. The lowest BCUT2D eigenvalue weighted by molar-refractivity contribution is 1.15. The Bertz CT molecular complexity index is 1240. The van der Waals surface area contributed by atoms with E-state index in [2.05, 4.69) is 79.7 Å². The molecule has 2 nitrogen and oxygen atoms in total. The van der Waals surface area contributed by atoms with Crippen molar-refractivity contribution in [2.24, 2.45) is 0 Å². The van der Waals surface area contributed by atoms with Crippen molar-refractivity contribution >= 4 is 5.57 Å². The van der Waals surface area contributed by atoms with Gasteiger partial charge < -0.3 is 0 Å². The Kier molecular flexibility index (Phi) is 6.18. The Balaban J connectivity index is 1.91. The molecule has 0 unspecified atom stereocenters. The molecule has 0 aliphatic carbocycles. The fourth-order valence-corrected chi connectivity index (χ4v) is 3.70. The fraction of sp³-hybridized carbons (Fsp3) is 0.103. The minimum Gasteiger partial charge on any atom is -0.228 e. The number of hydrogen-bond donors (Lipinski definition) is 0. The molecule has 4 aromatic rings. The van der Waals surface area contributed by atoms with Crippen LogP contribution in [-0.2, 0) is 0 Å². The number of nitrogens with zero attached hydrogens (tertiary/aromatic N) is 2. The molecule has 0 aliphatic rings. The summed E-state index contributed by atoms with van der Waals surface area (Å²) >= 11 is 0. The minimum absolute atomic E-state index is 0.737. The van der Waals surface area contributed by atoms with E-state index in [0.717, 1.165) is 33.9 Å². The van der Waals surface area contributed by atoms with Gasteiger partial charge in [0.15, 0.2) is 5.82 Å². The highest BCUT2D eigenvalue weighted by Gasteiger charge is 2.12. The third-order valence-corrected chi connectivity index (χ3v) is 5.19. The highest BCUT2D eigenvalue weighted by Crippen LogP contribution is 2.30. The Labute approximate surface area is 184 Å². The van der Waals surface area contributed by atoms with Crippen molar-refractivity contribution in [2.45, 2.75) is 20.8 Å². The smallest absolute Gasteiger partial charge is 0.160 e. The molecule has 0 fully saturated rings. The van der Waals surface area contributed by atoms with E-state index < -0.39 is 0 Å². The molecular formula is C29H26N2. The molecule has 0 aliphatic heterocycles. The average molecular weight is 403 g/mol. The normalized spacial score (nSPS) is 11.8. The highest BCUT2D eigenvalue weighted by molar-refractivity contribution is 5.77. The zero-order valence-corrected chi connectivity index (χ0v) is 18.2. The molecule has 0 bridgehead atoms. The number of allylic oxidation sites excluding steroid dienone is 4. The number of benzene rings is 3. The van der Waals surface area contributed by atoms with Crippen LogP contribution in [0.2, 0.25) is 0 Å². The summed E-state index contributed by atoms with van der Waals surface area (Å²) in [6.07, 6.45) is 6.22. The van der Waals surface area contributed by atoms with Gasteiger partial charge in [0.2, 0.25) is 0 Å². The van der Waals surface area contributed by atoms with E-state index in [1.54, 1.807) is 0 Å². The van der Waals surface area contributed by atoms with Crippen molar-refractivity contribution in [3.8, 4) is 33.8 Å². The van der Waals surface area contributed by atoms with Crippen LogP contribution in [-0.4, -0.2) is 9.97 Å². The van der Waals surface area contributed by atoms with Crippen LogP contribution in [0.1, 0.15) is 25.1 Å². The van der Waals surface area contributed by atoms with E-state index in [0.29, 0.717) is 0 Å². The van der Waals surface area contributed by atoms with Gasteiger partial charge in [-0.25, -0.2) is 9.97 Å². The molecule has 31 heavy (non-hydrogen) atoms. The van der Waals surface area contributed by atoms with Gasteiger partial charge in [-0.05, 0) is 61.2 Å². The van der Waals surface area contributed by atoms with Crippen LogP contribution >= 0.6 is 0 Å². The minimum atomic E-state index is 0.737. The van der Waals surface area contributed by atoms with Gasteiger partial charge in [-0.1, -0.05) is 85.0 Å². The van der Waals surface area contributed by atoms with Crippen molar-refractivity contribution in [1.29, 1.82) is 0 Å². The quantitative estimate of drug-likeness (QED) is 0.319.